The van der Waals surface area contributed by atoms with Crippen LogP contribution in [0, 0.1) is 0 Å². The minimum Gasteiger partial charge on any atom is -0.390 e. The number of aliphatic hydroxyl groups is 1. The van der Waals surface area contributed by atoms with E-state index in [1.165, 1.54) is 4.68 Å². The van der Waals surface area contributed by atoms with Crippen LogP contribution >= 0.6 is 23.2 Å². The van der Waals surface area contributed by atoms with Gasteiger partial charge < -0.3 is 5.11 Å². The highest BCUT2D eigenvalue weighted by molar-refractivity contribution is 6.30. The van der Waals surface area contributed by atoms with Crippen LogP contribution in [0.2, 0.25) is 5.02 Å². The number of aromatic nitrogens is 2. The molecule has 0 amide bonds. The molecule has 1 N–H and O–H groups in total. The Kier molecular flexibility index (Phi) is 4.66. The number of rotatable bonds is 4. The average Bonchev–Trinajstić information content (AvgIpc) is 2.58. The number of fused-ring (bicyclic) bond motifs is 1. The van der Waals surface area contributed by atoms with Crippen LogP contribution in [0.15, 0.2) is 53.3 Å². The fraction of sp³-hybridized carbons (Fsp3) is 0.176. The van der Waals surface area contributed by atoms with Crippen molar-refractivity contribution in [3.8, 4) is 11.3 Å². The van der Waals surface area contributed by atoms with Crippen molar-refractivity contribution in [1.82, 2.24) is 9.78 Å². The summed E-state index contributed by atoms with van der Waals surface area (Å²) in [5.74, 6) is 0.0389. The second-order valence-corrected chi connectivity index (χ2v) is 5.94. The highest BCUT2D eigenvalue weighted by atomic mass is 35.5. The van der Waals surface area contributed by atoms with E-state index in [9.17, 15) is 9.90 Å². The minimum atomic E-state index is -0.832. The van der Waals surface area contributed by atoms with Gasteiger partial charge in [-0.2, -0.15) is 5.10 Å². The maximum atomic E-state index is 12.5. The zero-order chi connectivity index (χ0) is 16.4. The first-order valence-electron chi connectivity index (χ1n) is 7.10. The first-order valence-corrected chi connectivity index (χ1v) is 8.01. The van der Waals surface area contributed by atoms with E-state index in [1.54, 1.807) is 24.3 Å². The number of nitrogens with zero attached hydrogens (tertiary/aromatic N) is 2. The van der Waals surface area contributed by atoms with Crippen LogP contribution in [0.3, 0.4) is 0 Å². The zero-order valence-corrected chi connectivity index (χ0v) is 13.6. The summed E-state index contributed by atoms with van der Waals surface area (Å²) in [7, 11) is 0. The van der Waals surface area contributed by atoms with Crippen LogP contribution in [-0.4, -0.2) is 26.9 Å². The minimum absolute atomic E-state index is 0.0389. The lowest BCUT2D eigenvalue weighted by atomic mass is 10.1. The van der Waals surface area contributed by atoms with Gasteiger partial charge in [0.05, 0.1) is 29.6 Å². The molecule has 0 saturated heterocycles. The Morgan fingerprint density at radius 2 is 1.74 bits per heavy atom. The molecule has 1 atom stereocenters. The molecule has 1 aromatic heterocycles. The van der Waals surface area contributed by atoms with Gasteiger partial charge in [-0.1, -0.05) is 41.9 Å². The number of alkyl halides is 1. The predicted octanol–water partition coefficient (Wildman–Crippen LogP) is 3.32. The topological polar surface area (TPSA) is 55.1 Å². The van der Waals surface area contributed by atoms with Crippen LogP contribution in [-0.2, 0) is 6.54 Å². The Bertz CT molecular complexity index is 891. The van der Waals surface area contributed by atoms with E-state index in [2.05, 4.69) is 5.10 Å². The van der Waals surface area contributed by atoms with Gasteiger partial charge in [0.15, 0.2) is 0 Å². The molecule has 4 nitrogen and oxygen atoms in total. The molecule has 0 aliphatic carbocycles. The molecule has 0 saturated carbocycles. The van der Waals surface area contributed by atoms with Crippen molar-refractivity contribution in [1.29, 1.82) is 0 Å². The Morgan fingerprint density at radius 3 is 2.39 bits per heavy atom. The van der Waals surface area contributed by atoms with E-state index < -0.39 is 6.10 Å². The number of benzene rings is 2. The third-order valence-corrected chi connectivity index (χ3v) is 4.16. The second kappa shape index (κ2) is 6.71. The summed E-state index contributed by atoms with van der Waals surface area (Å²) in [5.41, 5.74) is 1.26. The Labute approximate surface area is 142 Å². The number of halogens is 2. The standard InChI is InChI=1S/C17H14Cl2N2O2/c18-9-13(22)10-21-17(23)15-4-2-1-3-14(15)16(20-21)11-5-7-12(19)8-6-11/h1-8,13,22H,9-10H2. The summed E-state index contributed by atoms with van der Waals surface area (Å²) in [5, 5.41) is 16.1. The Morgan fingerprint density at radius 1 is 1.09 bits per heavy atom. The smallest absolute Gasteiger partial charge is 0.274 e. The van der Waals surface area contributed by atoms with E-state index in [-0.39, 0.29) is 18.0 Å². The van der Waals surface area contributed by atoms with Gasteiger partial charge in [-0.15, -0.1) is 11.6 Å². The molecular weight excluding hydrogens is 335 g/mol. The van der Waals surface area contributed by atoms with Crippen molar-refractivity contribution in [2.24, 2.45) is 0 Å². The fourth-order valence-corrected chi connectivity index (χ4v) is 2.65. The van der Waals surface area contributed by atoms with Gasteiger partial charge in [0.25, 0.3) is 5.56 Å². The van der Waals surface area contributed by atoms with Crippen molar-refractivity contribution in [2.75, 3.05) is 5.88 Å². The Hall–Kier alpha value is -1.88. The Balaban J connectivity index is 2.25. The molecule has 0 radical (unpaired) electrons. The van der Waals surface area contributed by atoms with E-state index in [0.29, 0.717) is 16.1 Å². The molecule has 1 unspecified atom stereocenters. The molecule has 1 heterocycles. The summed E-state index contributed by atoms with van der Waals surface area (Å²) in [4.78, 5) is 12.5. The number of hydrogen-bond donors (Lipinski definition) is 1. The molecule has 23 heavy (non-hydrogen) atoms. The SMILES string of the molecule is O=c1c2ccccc2c(-c2ccc(Cl)cc2)nn1CC(O)CCl. The van der Waals surface area contributed by atoms with Crippen LogP contribution in [0.5, 0.6) is 0 Å². The van der Waals surface area contributed by atoms with E-state index >= 15 is 0 Å². The summed E-state index contributed by atoms with van der Waals surface area (Å²) in [6.45, 7) is 0.0494. The molecule has 0 spiro atoms. The second-order valence-electron chi connectivity index (χ2n) is 5.20. The van der Waals surface area contributed by atoms with E-state index in [4.69, 9.17) is 23.2 Å². The van der Waals surface area contributed by atoms with Crippen molar-refractivity contribution in [2.45, 2.75) is 12.6 Å². The van der Waals surface area contributed by atoms with Crippen LogP contribution < -0.4 is 5.56 Å². The van der Waals surface area contributed by atoms with Gasteiger partial charge in [-0.3, -0.25) is 4.79 Å². The first-order chi connectivity index (χ1) is 11.1. The summed E-state index contributed by atoms with van der Waals surface area (Å²) in [6.07, 6.45) is -0.832. The maximum Gasteiger partial charge on any atom is 0.274 e. The monoisotopic (exact) mass is 348 g/mol. The van der Waals surface area contributed by atoms with E-state index in [1.807, 2.05) is 24.3 Å². The normalized spacial score (nSPS) is 12.5. The molecule has 0 bridgehead atoms. The maximum absolute atomic E-state index is 12.5. The van der Waals surface area contributed by atoms with Gasteiger partial charge >= 0.3 is 0 Å². The molecule has 2 aromatic carbocycles. The van der Waals surface area contributed by atoms with Crippen LogP contribution in [0.4, 0.5) is 0 Å². The molecule has 0 fully saturated rings. The van der Waals surface area contributed by atoms with Crippen LogP contribution in [0.25, 0.3) is 22.0 Å². The number of aliphatic hydroxyl groups excluding tert-OH is 1. The van der Waals surface area contributed by atoms with Crippen molar-refractivity contribution < 1.29 is 5.11 Å². The summed E-state index contributed by atoms with van der Waals surface area (Å²) < 4.78 is 1.26. The summed E-state index contributed by atoms with van der Waals surface area (Å²) in [6, 6.07) is 14.5. The van der Waals surface area contributed by atoms with Crippen molar-refractivity contribution in [3.63, 3.8) is 0 Å². The highest BCUT2D eigenvalue weighted by Gasteiger charge is 2.14. The molecule has 118 valence electrons. The van der Waals surface area contributed by atoms with Gasteiger partial charge in [0.2, 0.25) is 0 Å². The van der Waals surface area contributed by atoms with Crippen LogP contribution in [0.1, 0.15) is 0 Å². The molecule has 3 aromatic rings. The molecule has 0 aliphatic heterocycles. The average molecular weight is 349 g/mol. The lowest BCUT2D eigenvalue weighted by Crippen LogP contribution is -2.30. The summed E-state index contributed by atoms with van der Waals surface area (Å²) >= 11 is 11.6. The predicted molar refractivity (Wildman–Crippen MR) is 93.2 cm³/mol. The third kappa shape index (κ3) is 3.24. The lowest BCUT2D eigenvalue weighted by Gasteiger charge is -2.13. The van der Waals surface area contributed by atoms with Crippen molar-refractivity contribution >= 4 is 34.0 Å². The van der Waals surface area contributed by atoms with Gasteiger partial charge in [0.1, 0.15) is 0 Å². The largest absolute Gasteiger partial charge is 0.390 e. The third-order valence-electron chi connectivity index (χ3n) is 3.55. The van der Waals surface area contributed by atoms with Gasteiger partial charge in [-0.25, -0.2) is 4.68 Å². The molecular formula is C17H14Cl2N2O2. The number of hydrogen-bond acceptors (Lipinski definition) is 3. The molecule has 0 aliphatic rings. The zero-order valence-electron chi connectivity index (χ0n) is 12.1. The first kappa shape index (κ1) is 16.0. The lowest BCUT2D eigenvalue weighted by molar-refractivity contribution is 0.170. The fourth-order valence-electron chi connectivity index (χ4n) is 2.43. The van der Waals surface area contributed by atoms with Gasteiger partial charge in [0, 0.05) is 16.0 Å². The molecule has 6 heteroatoms. The van der Waals surface area contributed by atoms with Gasteiger partial charge in [-0.05, 0) is 18.2 Å². The highest BCUT2D eigenvalue weighted by Crippen LogP contribution is 2.25. The quantitative estimate of drug-likeness (QED) is 0.736. The molecule has 3 rings (SSSR count). The van der Waals surface area contributed by atoms with E-state index in [0.717, 1.165) is 10.9 Å². The van der Waals surface area contributed by atoms with Crippen molar-refractivity contribution in [3.05, 3.63) is 63.9 Å².